The first-order valence-electron chi connectivity index (χ1n) is 4.63. The second kappa shape index (κ2) is 3.35. The Hall–Kier alpha value is -1.34. The van der Waals surface area contributed by atoms with Gasteiger partial charge in [-0.25, -0.2) is 0 Å². The lowest BCUT2D eigenvalue weighted by Gasteiger charge is -2.01. The van der Waals surface area contributed by atoms with Crippen molar-refractivity contribution in [2.75, 3.05) is 13.2 Å². The molecule has 0 radical (unpaired) electrons. The number of aromatic nitrogens is 4. The average Bonchev–Trinajstić information content (AvgIpc) is 2.92. The Morgan fingerprint density at radius 2 is 2.47 bits per heavy atom. The standard InChI is InChI=1S/C8H8N4O2S/c13-3-6-11-12-7(5-1-2-14-4-5)9-10-8(12)15-6/h3,5H,1-2,4H2. The molecule has 1 saturated heterocycles. The van der Waals surface area contributed by atoms with Crippen LogP contribution in [-0.2, 0) is 4.74 Å². The molecular weight excluding hydrogens is 216 g/mol. The number of carbonyl (C=O) groups is 1. The summed E-state index contributed by atoms with van der Waals surface area (Å²) in [4.78, 5) is 11.2. The molecule has 0 amide bonds. The van der Waals surface area contributed by atoms with Gasteiger partial charge in [0.2, 0.25) is 4.96 Å². The van der Waals surface area contributed by atoms with Gasteiger partial charge in [0, 0.05) is 12.5 Å². The smallest absolute Gasteiger partial charge is 0.235 e. The van der Waals surface area contributed by atoms with Crippen LogP contribution in [-0.4, -0.2) is 39.3 Å². The van der Waals surface area contributed by atoms with E-state index in [2.05, 4.69) is 15.3 Å². The van der Waals surface area contributed by atoms with Crippen LogP contribution in [0.2, 0.25) is 0 Å². The Bertz CT molecular complexity index is 500. The Labute approximate surface area is 88.9 Å². The Morgan fingerprint density at radius 1 is 1.53 bits per heavy atom. The summed E-state index contributed by atoms with van der Waals surface area (Å²) in [6, 6.07) is 0. The Balaban J connectivity index is 2.09. The second-order valence-corrected chi connectivity index (χ2v) is 4.36. The van der Waals surface area contributed by atoms with Crippen LogP contribution in [0.4, 0.5) is 0 Å². The van der Waals surface area contributed by atoms with E-state index >= 15 is 0 Å². The molecule has 6 nitrogen and oxygen atoms in total. The Morgan fingerprint density at radius 3 is 3.20 bits per heavy atom. The van der Waals surface area contributed by atoms with Gasteiger partial charge in [-0.05, 0) is 6.42 Å². The predicted molar refractivity (Wildman–Crippen MR) is 52.2 cm³/mol. The molecule has 3 heterocycles. The van der Waals surface area contributed by atoms with E-state index < -0.39 is 0 Å². The minimum Gasteiger partial charge on any atom is -0.381 e. The van der Waals surface area contributed by atoms with E-state index in [4.69, 9.17) is 4.74 Å². The van der Waals surface area contributed by atoms with Gasteiger partial charge in [0.1, 0.15) is 0 Å². The zero-order valence-corrected chi connectivity index (χ0v) is 8.61. The van der Waals surface area contributed by atoms with Crippen molar-refractivity contribution >= 4 is 22.6 Å². The predicted octanol–water partition coefficient (Wildman–Crippen LogP) is 0.502. The number of aldehydes is 1. The number of hydrogen-bond acceptors (Lipinski definition) is 6. The molecule has 1 atom stereocenters. The lowest BCUT2D eigenvalue weighted by molar-refractivity contribution is 0.112. The van der Waals surface area contributed by atoms with Crippen LogP contribution < -0.4 is 0 Å². The monoisotopic (exact) mass is 224 g/mol. The van der Waals surface area contributed by atoms with E-state index in [1.54, 1.807) is 4.52 Å². The van der Waals surface area contributed by atoms with Gasteiger partial charge in [0.25, 0.3) is 0 Å². The molecule has 7 heteroatoms. The van der Waals surface area contributed by atoms with Crippen LogP contribution in [0, 0.1) is 0 Å². The molecular formula is C8H8N4O2S. The highest BCUT2D eigenvalue weighted by molar-refractivity contribution is 7.18. The molecule has 15 heavy (non-hydrogen) atoms. The van der Waals surface area contributed by atoms with E-state index in [9.17, 15) is 4.79 Å². The highest BCUT2D eigenvalue weighted by atomic mass is 32.1. The molecule has 78 valence electrons. The fraction of sp³-hybridized carbons (Fsp3) is 0.500. The van der Waals surface area contributed by atoms with E-state index in [1.807, 2.05) is 0 Å². The maximum absolute atomic E-state index is 10.6. The molecule has 0 bridgehead atoms. The molecule has 1 aliphatic rings. The normalized spacial score (nSPS) is 21.2. The summed E-state index contributed by atoms with van der Waals surface area (Å²) in [7, 11) is 0. The van der Waals surface area contributed by atoms with Gasteiger partial charge in [0.15, 0.2) is 17.1 Å². The summed E-state index contributed by atoms with van der Waals surface area (Å²) in [6.45, 7) is 1.42. The lowest BCUT2D eigenvalue weighted by Crippen LogP contribution is -2.04. The maximum Gasteiger partial charge on any atom is 0.235 e. The van der Waals surface area contributed by atoms with Crippen molar-refractivity contribution in [1.82, 2.24) is 19.8 Å². The van der Waals surface area contributed by atoms with Crippen molar-refractivity contribution in [2.24, 2.45) is 0 Å². The van der Waals surface area contributed by atoms with Crippen LogP contribution in [0.3, 0.4) is 0 Å². The molecule has 1 unspecified atom stereocenters. The highest BCUT2D eigenvalue weighted by Crippen LogP contribution is 2.25. The fourth-order valence-corrected chi connectivity index (χ4v) is 2.35. The van der Waals surface area contributed by atoms with Crippen LogP contribution in [0.15, 0.2) is 0 Å². The van der Waals surface area contributed by atoms with Crippen molar-refractivity contribution in [3.8, 4) is 0 Å². The summed E-state index contributed by atoms with van der Waals surface area (Å²) < 4.78 is 6.93. The second-order valence-electron chi connectivity index (χ2n) is 3.37. The van der Waals surface area contributed by atoms with Gasteiger partial charge < -0.3 is 4.74 Å². The average molecular weight is 224 g/mol. The van der Waals surface area contributed by atoms with E-state index in [0.29, 0.717) is 16.6 Å². The number of nitrogens with zero attached hydrogens (tertiary/aromatic N) is 4. The van der Waals surface area contributed by atoms with E-state index in [0.717, 1.165) is 25.1 Å². The van der Waals surface area contributed by atoms with Gasteiger partial charge in [-0.3, -0.25) is 4.79 Å². The summed E-state index contributed by atoms with van der Waals surface area (Å²) in [5.41, 5.74) is 0. The third-order valence-electron chi connectivity index (χ3n) is 2.43. The molecule has 2 aromatic rings. The van der Waals surface area contributed by atoms with Crippen LogP contribution in [0.25, 0.3) is 4.96 Å². The molecule has 0 aromatic carbocycles. The minimum atomic E-state index is 0.251. The van der Waals surface area contributed by atoms with Crippen LogP contribution in [0.5, 0.6) is 0 Å². The van der Waals surface area contributed by atoms with Crippen molar-refractivity contribution < 1.29 is 9.53 Å². The van der Waals surface area contributed by atoms with Gasteiger partial charge in [-0.15, -0.1) is 15.3 Å². The lowest BCUT2D eigenvalue weighted by atomic mass is 10.1. The molecule has 0 saturated carbocycles. The quantitative estimate of drug-likeness (QED) is 0.695. The first-order chi connectivity index (χ1) is 7.38. The topological polar surface area (TPSA) is 69.4 Å². The number of carbonyl (C=O) groups excluding carboxylic acids is 1. The summed E-state index contributed by atoms with van der Waals surface area (Å²) in [5.74, 6) is 1.05. The van der Waals surface area contributed by atoms with Gasteiger partial charge >= 0.3 is 0 Å². The largest absolute Gasteiger partial charge is 0.381 e. The van der Waals surface area contributed by atoms with Crippen molar-refractivity contribution in [3.63, 3.8) is 0 Å². The van der Waals surface area contributed by atoms with Gasteiger partial charge in [0.05, 0.1) is 6.61 Å². The maximum atomic E-state index is 10.6. The van der Waals surface area contributed by atoms with Gasteiger partial charge in [-0.2, -0.15) is 4.52 Å². The molecule has 1 fully saturated rings. The molecule has 0 N–H and O–H groups in total. The van der Waals surface area contributed by atoms with Gasteiger partial charge in [-0.1, -0.05) is 11.3 Å². The fourth-order valence-electron chi connectivity index (χ4n) is 1.69. The molecule has 2 aromatic heterocycles. The summed E-state index contributed by atoms with van der Waals surface area (Å²) in [5, 5.41) is 12.6. The molecule has 1 aliphatic heterocycles. The third kappa shape index (κ3) is 1.35. The SMILES string of the molecule is O=Cc1nn2c(C3CCOC3)nnc2s1. The van der Waals surface area contributed by atoms with Crippen molar-refractivity contribution in [2.45, 2.75) is 12.3 Å². The third-order valence-corrected chi connectivity index (χ3v) is 3.25. The number of rotatable bonds is 2. The highest BCUT2D eigenvalue weighted by Gasteiger charge is 2.24. The molecule has 0 aliphatic carbocycles. The first kappa shape index (κ1) is 8.93. The first-order valence-corrected chi connectivity index (χ1v) is 5.45. The van der Waals surface area contributed by atoms with E-state index in [-0.39, 0.29) is 5.92 Å². The number of hydrogen-bond donors (Lipinski definition) is 0. The zero-order valence-electron chi connectivity index (χ0n) is 7.79. The zero-order chi connectivity index (χ0) is 10.3. The van der Waals surface area contributed by atoms with E-state index in [1.165, 1.54) is 11.3 Å². The summed E-state index contributed by atoms with van der Waals surface area (Å²) in [6.07, 6.45) is 1.67. The van der Waals surface area contributed by atoms with Crippen LogP contribution >= 0.6 is 11.3 Å². The number of ether oxygens (including phenoxy) is 1. The minimum absolute atomic E-state index is 0.251. The van der Waals surface area contributed by atoms with Crippen LogP contribution in [0.1, 0.15) is 28.0 Å². The van der Waals surface area contributed by atoms with Crippen molar-refractivity contribution in [3.05, 3.63) is 10.8 Å². The summed E-state index contributed by atoms with van der Waals surface area (Å²) >= 11 is 1.25. The number of fused-ring (bicyclic) bond motifs is 1. The molecule has 3 rings (SSSR count). The Kier molecular flexibility index (Phi) is 2.00. The van der Waals surface area contributed by atoms with Crippen molar-refractivity contribution in [1.29, 1.82) is 0 Å². The molecule has 0 spiro atoms.